The summed E-state index contributed by atoms with van der Waals surface area (Å²) in [5, 5.41) is 5.61. The molecular weight excluding hydrogens is 439 g/mol. The molecule has 7 nitrogen and oxygen atoms in total. The van der Waals surface area contributed by atoms with Gasteiger partial charge in [-0.25, -0.2) is 15.0 Å². The number of thiazole rings is 1. The summed E-state index contributed by atoms with van der Waals surface area (Å²) in [5.41, 5.74) is 4.62. The Bertz CT molecular complexity index is 1310. The molecular formula is C24H21FN6OS. The van der Waals surface area contributed by atoms with Crippen LogP contribution in [0.4, 0.5) is 10.2 Å². The Morgan fingerprint density at radius 1 is 1.18 bits per heavy atom. The number of hydrogen-bond donors (Lipinski definition) is 1. The fourth-order valence-electron chi connectivity index (χ4n) is 3.98. The van der Waals surface area contributed by atoms with E-state index in [0.717, 1.165) is 40.6 Å². The quantitative estimate of drug-likeness (QED) is 0.454. The standard InChI is InChI=1S/C24H21FN6OS/c1-15-9-17(24(32)30-13-21-26-6-8-33-21)12-29-23(15)31-7-4-20-18(14-31)10-16(11-28-20)19-3-2-5-27-22(19)25/h2-3,5-6,8-12H,4,7,13-14H2,1H3,(H,30,32). The monoisotopic (exact) mass is 460 g/mol. The minimum absolute atomic E-state index is 0.177. The first-order valence-corrected chi connectivity index (χ1v) is 11.4. The lowest BCUT2D eigenvalue weighted by molar-refractivity contribution is 0.0950. The predicted octanol–water partition coefficient (Wildman–Crippen LogP) is 3.94. The minimum atomic E-state index is -0.506. The molecule has 0 bridgehead atoms. The molecule has 1 N–H and O–H groups in total. The number of halogens is 1. The van der Waals surface area contributed by atoms with Crippen molar-refractivity contribution < 1.29 is 9.18 Å². The summed E-state index contributed by atoms with van der Waals surface area (Å²) in [7, 11) is 0. The summed E-state index contributed by atoms with van der Waals surface area (Å²) in [6.45, 7) is 3.73. The second kappa shape index (κ2) is 9.03. The first-order valence-electron chi connectivity index (χ1n) is 10.6. The number of carbonyl (C=O) groups is 1. The van der Waals surface area contributed by atoms with Crippen LogP contribution in [0.25, 0.3) is 11.1 Å². The normalized spacial score (nSPS) is 13.0. The van der Waals surface area contributed by atoms with Crippen molar-refractivity contribution in [1.29, 1.82) is 0 Å². The number of carbonyl (C=O) groups excluding carboxylic acids is 1. The first kappa shape index (κ1) is 21.1. The van der Waals surface area contributed by atoms with E-state index < -0.39 is 5.95 Å². The molecule has 1 aliphatic heterocycles. The van der Waals surface area contributed by atoms with Crippen molar-refractivity contribution in [2.45, 2.75) is 26.4 Å². The maximum Gasteiger partial charge on any atom is 0.253 e. The van der Waals surface area contributed by atoms with Crippen LogP contribution in [0, 0.1) is 12.9 Å². The Morgan fingerprint density at radius 3 is 2.88 bits per heavy atom. The Kier molecular flexibility index (Phi) is 5.78. The van der Waals surface area contributed by atoms with E-state index in [4.69, 9.17) is 0 Å². The summed E-state index contributed by atoms with van der Waals surface area (Å²) in [5.74, 6) is 0.145. The molecule has 4 aromatic heterocycles. The number of aryl methyl sites for hydroxylation is 1. The minimum Gasteiger partial charge on any atom is -0.352 e. The second-order valence-corrected chi connectivity index (χ2v) is 8.80. The van der Waals surface area contributed by atoms with Crippen LogP contribution >= 0.6 is 11.3 Å². The van der Waals surface area contributed by atoms with E-state index in [0.29, 0.717) is 29.8 Å². The van der Waals surface area contributed by atoms with Crippen molar-refractivity contribution in [1.82, 2.24) is 25.3 Å². The first-order chi connectivity index (χ1) is 16.1. The lowest BCUT2D eigenvalue weighted by atomic mass is 10.0. The molecule has 1 aliphatic rings. The van der Waals surface area contributed by atoms with E-state index in [1.54, 1.807) is 30.7 Å². The van der Waals surface area contributed by atoms with Crippen molar-refractivity contribution >= 4 is 23.1 Å². The average molecular weight is 461 g/mol. The number of amides is 1. The Labute approximate surface area is 194 Å². The molecule has 1 amide bonds. The van der Waals surface area contributed by atoms with Crippen LogP contribution < -0.4 is 10.2 Å². The molecule has 0 atom stereocenters. The third kappa shape index (κ3) is 4.45. The molecule has 0 unspecified atom stereocenters. The molecule has 0 radical (unpaired) electrons. The molecule has 0 fully saturated rings. The van der Waals surface area contributed by atoms with Gasteiger partial charge in [0.05, 0.1) is 12.1 Å². The van der Waals surface area contributed by atoms with Crippen LogP contribution in [0.1, 0.15) is 32.2 Å². The maximum absolute atomic E-state index is 14.1. The van der Waals surface area contributed by atoms with Crippen LogP contribution in [0.15, 0.2) is 54.4 Å². The maximum atomic E-state index is 14.1. The van der Waals surface area contributed by atoms with Gasteiger partial charge < -0.3 is 10.2 Å². The van der Waals surface area contributed by atoms with E-state index >= 15 is 0 Å². The summed E-state index contributed by atoms with van der Waals surface area (Å²) < 4.78 is 14.1. The lowest BCUT2D eigenvalue weighted by Gasteiger charge is -2.30. The number of rotatable bonds is 5. The largest absolute Gasteiger partial charge is 0.352 e. The summed E-state index contributed by atoms with van der Waals surface area (Å²) in [4.78, 5) is 31.8. The number of nitrogens with one attached hydrogen (secondary N) is 1. The van der Waals surface area contributed by atoms with Gasteiger partial charge in [-0.05, 0) is 42.3 Å². The Balaban J connectivity index is 1.33. The molecule has 166 valence electrons. The van der Waals surface area contributed by atoms with Gasteiger partial charge in [0.1, 0.15) is 10.8 Å². The van der Waals surface area contributed by atoms with Crippen molar-refractivity contribution in [3.05, 3.63) is 87.8 Å². The lowest BCUT2D eigenvalue weighted by Crippen LogP contribution is -2.32. The molecule has 0 aromatic carbocycles. The zero-order valence-corrected chi connectivity index (χ0v) is 18.8. The van der Waals surface area contributed by atoms with Gasteiger partial charge in [0.15, 0.2) is 0 Å². The average Bonchev–Trinajstić information content (AvgIpc) is 3.36. The van der Waals surface area contributed by atoms with Crippen molar-refractivity contribution in [2.75, 3.05) is 11.4 Å². The van der Waals surface area contributed by atoms with E-state index in [1.165, 1.54) is 17.5 Å². The molecule has 0 spiro atoms. The van der Waals surface area contributed by atoms with Crippen LogP contribution in [0.5, 0.6) is 0 Å². The fourth-order valence-corrected chi connectivity index (χ4v) is 4.53. The van der Waals surface area contributed by atoms with Gasteiger partial charge in [0.2, 0.25) is 5.95 Å². The van der Waals surface area contributed by atoms with Gasteiger partial charge in [-0.1, -0.05) is 0 Å². The molecule has 9 heteroatoms. The van der Waals surface area contributed by atoms with Gasteiger partial charge in [-0.15, -0.1) is 11.3 Å². The van der Waals surface area contributed by atoms with Crippen molar-refractivity contribution in [2.24, 2.45) is 0 Å². The highest BCUT2D eigenvalue weighted by atomic mass is 32.1. The van der Waals surface area contributed by atoms with Gasteiger partial charge >= 0.3 is 0 Å². The van der Waals surface area contributed by atoms with E-state index in [1.807, 2.05) is 24.4 Å². The van der Waals surface area contributed by atoms with Crippen LogP contribution in [-0.2, 0) is 19.5 Å². The number of anilines is 1. The highest BCUT2D eigenvalue weighted by Gasteiger charge is 2.22. The van der Waals surface area contributed by atoms with E-state index in [9.17, 15) is 9.18 Å². The third-order valence-corrected chi connectivity index (χ3v) is 6.39. The third-order valence-electron chi connectivity index (χ3n) is 5.61. The summed E-state index contributed by atoms with van der Waals surface area (Å²) >= 11 is 1.50. The smallest absolute Gasteiger partial charge is 0.253 e. The molecule has 0 aliphatic carbocycles. The van der Waals surface area contributed by atoms with Crippen molar-refractivity contribution in [3.8, 4) is 11.1 Å². The van der Waals surface area contributed by atoms with Crippen LogP contribution in [0.2, 0.25) is 0 Å². The number of aromatic nitrogens is 4. The van der Waals surface area contributed by atoms with E-state index in [-0.39, 0.29) is 5.91 Å². The van der Waals surface area contributed by atoms with Crippen LogP contribution in [0.3, 0.4) is 0 Å². The van der Waals surface area contributed by atoms with Gasteiger partial charge in [0.25, 0.3) is 5.91 Å². The van der Waals surface area contributed by atoms with Gasteiger partial charge in [0, 0.05) is 66.5 Å². The number of pyridine rings is 3. The Morgan fingerprint density at radius 2 is 2.09 bits per heavy atom. The highest BCUT2D eigenvalue weighted by molar-refractivity contribution is 7.09. The molecule has 0 saturated carbocycles. The van der Waals surface area contributed by atoms with Gasteiger partial charge in [-0.2, -0.15) is 4.39 Å². The molecule has 0 saturated heterocycles. The predicted molar refractivity (Wildman–Crippen MR) is 124 cm³/mol. The zero-order valence-electron chi connectivity index (χ0n) is 18.0. The topological polar surface area (TPSA) is 83.9 Å². The zero-order chi connectivity index (χ0) is 22.8. The van der Waals surface area contributed by atoms with Crippen LogP contribution in [-0.4, -0.2) is 32.4 Å². The molecule has 5 heterocycles. The number of nitrogens with zero attached hydrogens (tertiary/aromatic N) is 5. The molecule has 4 aromatic rings. The number of hydrogen-bond acceptors (Lipinski definition) is 7. The summed E-state index contributed by atoms with van der Waals surface area (Å²) in [6, 6.07) is 7.25. The van der Waals surface area contributed by atoms with Crippen molar-refractivity contribution in [3.63, 3.8) is 0 Å². The molecule has 33 heavy (non-hydrogen) atoms. The van der Waals surface area contributed by atoms with Gasteiger partial charge in [-0.3, -0.25) is 9.78 Å². The number of fused-ring (bicyclic) bond motifs is 1. The highest BCUT2D eigenvalue weighted by Crippen LogP contribution is 2.29. The van der Waals surface area contributed by atoms with E-state index in [2.05, 4.69) is 30.2 Å². The second-order valence-electron chi connectivity index (χ2n) is 7.82. The fraction of sp³-hybridized carbons (Fsp3) is 0.208. The SMILES string of the molecule is Cc1cc(C(=O)NCc2nccs2)cnc1N1CCc2ncc(-c3cccnc3F)cc2C1. The Hall–Kier alpha value is -3.72. The summed E-state index contributed by atoms with van der Waals surface area (Å²) in [6.07, 6.45) is 7.23. The molecule has 5 rings (SSSR count).